The molecule has 21 heavy (non-hydrogen) atoms. The van der Waals surface area contributed by atoms with Gasteiger partial charge >= 0.3 is 6.18 Å². The first-order valence-corrected chi connectivity index (χ1v) is 6.59. The number of benzene rings is 1. The van der Waals surface area contributed by atoms with Gasteiger partial charge in [0.1, 0.15) is 5.82 Å². The lowest BCUT2D eigenvalue weighted by molar-refractivity contribution is -0.222. The number of amides is 1. The van der Waals surface area contributed by atoms with Crippen molar-refractivity contribution in [3.63, 3.8) is 0 Å². The van der Waals surface area contributed by atoms with Crippen molar-refractivity contribution in [1.82, 2.24) is 4.90 Å². The summed E-state index contributed by atoms with van der Waals surface area (Å²) < 4.78 is 50.8. The lowest BCUT2D eigenvalue weighted by Crippen LogP contribution is -2.45. The van der Waals surface area contributed by atoms with E-state index in [0.29, 0.717) is 0 Å². The molecule has 1 unspecified atom stereocenters. The summed E-state index contributed by atoms with van der Waals surface area (Å²) in [7, 11) is 0. The van der Waals surface area contributed by atoms with Crippen molar-refractivity contribution in [1.29, 1.82) is 0 Å². The van der Waals surface area contributed by atoms with Gasteiger partial charge in [0.05, 0.1) is 5.56 Å². The Hall–Kier alpha value is -1.63. The molecule has 116 valence electrons. The number of aliphatic hydroxyl groups is 1. The third-order valence-electron chi connectivity index (χ3n) is 3.71. The predicted octanol–water partition coefficient (Wildman–Crippen LogP) is 2.60. The van der Waals surface area contributed by atoms with Crippen LogP contribution in [0.15, 0.2) is 24.3 Å². The number of nitrogens with zero attached hydrogens (tertiary/aromatic N) is 1. The van der Waals surface area contributed by atoms with E-state index in [4.69, 9.17) is 0 Å². The van der Waals surface area contributed by atoms with Crippen molar-refractivity contribution in [2.24, 2.45) is 5.92 Å². The van der Waals surface area contributed by atoms with E-state index >= 15 is 0 Å². The Morgan fingerprint density at radius 1 is 1.24 bits per heavy atom. The molecule has 1 fully saturated rings. The van der Waals surface area contributed by atoms with E-state index in [1.54, 1.807) is 0 Å². The van der Waals surface area contributed by atoms with E-state index in [-0.39, 0.29) is 31.5 Å². The van der Waals surface area contributed by atoms with E-state index in [2.05, 4.69) is 0 Å². The van der Waals surface area contributed by atoms with Crippen LogP contribution in [0.3, 0.4) is 0 Å². The second-order valence-electron chi connectivity index (χ2n) is 5.10. The lowest BCUT2D eigenvalue weighted by Gasteiger charge is -2.34. The van der Waals surface area contributed by atoms with Gasteiger partial charge in [-0.25, -0.2) is 4.39 Å². The van der Waals surface area contributed by atoms with Crippen molar-refractivity contribution in [3.05, 3.63) is 35.6 Å². The van der Waals surface area contributed by atoms with E-state index < -0.39 is 29.9 Å². The lowest BCUT2D eigenvalue weighted by atomic mass is 9.90. The molecular formula is C14H15F4NO2. The minimum atomic E-state index is -4.65. The molecule has 0 bridgehead atoms. The highest BCUT2D eigenvalue weighted by Gasteiger charge is 2.44. The molecule has 0 aliphatic carbocycles. The number of rotatable bonds is 2. The van der Waals surface area contributed by atoms with Gasteiger partial charge in [0.15, 0.2) is 6.10 Å². The second-order valence-corrected chi connectivity index (χ2v) is 5.10. The monoisotopic (exact) mass is 305 g/mol. The van der Waals surface area contributed by atoms with Gasteiger partial charge in [0, 0.05) is 13.1 Å². The fourth-order valence-corrected chi connectivity index (χ4v) is 2.49. The molecule has 1 N–H and O–H groups in total. The Morgan fingerprint density at radius 2 is 1.81 bits per heavy atom. The average molecular weight is 305 g/mol. The Morgan fingerprint density at radius 3 is 2.33 bits per heavy atom. The molecule has 2 rings (SSSR count). The molecule has 7 heteroatoms. The van der Waals surface area contributed by atoms with E-state index in [9.17, 15) is 27.5 Å². The number of piperidine rings is 1. The van der Waals surface area contributed by atoms with Crippen molar-refractivity contribution >= 4 is 5.91 Å². The number of likely N-dealkylation sites (tertiary alicyclic amines) is 1. The summed E-state index contributed by atoms with van der Waals surface area (Å²) in [5.74, 6) is -2.11. The zero-order valence-corrected chi connectivity index (χ0v) is 11.1. The van der Waals surface area contributed by atoms with Gasteiger partial charge in [-0.05, 0) is 30.9 Å². The zero-order valence-electron chi connectivity index (χ0n) is 11.1. The topological polar surface area (TPSA) is 40.5 Å². The third-order valence-corrected chi connectivity index (χ3v) is 3.71. The van der Waals surface area contributed by atoms with E-state index in [0.717, 1.165) is 6.07 Å². The fraction of sp³-hybridized carbons (Fsp3) is 0.500. The zero-order chi connectivity index (χ0) is 15.6. The summed E-state index contributed by atoms with van der Waals surface area (Å²) >= 11 is 0. The van der Waals surface area contributed by atoms with Crippen LogP contribution in [0.4, 0.5) is 17.6 Å². The minimum Gasteiger partial charge on any atom is -0.383 e. The standard InChI is InChI=1S/C14H15F4NO2/c15-11-4-2-1-3-10(11)13(21)19-7-5-9(6-8-19)12(20)14(16,17)18/h1-4,9,12,20H,5-8H2. The molecule has 1 amide bonds. The van der Waals surface area contributed by atoms with Crippen molar-refractivity contribution < 1.29 is 27.5 Å². The van der Waals surface area contributed by atoms with Gasteiger partial charge in [-0.2, -0.15) is 13.2 Å². The maximum absolute atomic E-state index is 13.5. The maximum Gasteiger partial charge on any atom is 0.414 e. The van der Waals surface area contributed by atoms with Gasteiger partial charge in [-0.15, -0.1) is 0 Å². The van der Waals surface area contributed by atoms with E-state index in [1.807, 2.05) is 0 Å². The highest BCUT2D eigenvalue weighted by Crippen LogP contribution is 2.32. The summed E-state index contributed by atoms with van der Waals surface area (Å²) in [5.41, 5.74) is -0.0904. The number of alkyl halides is 3. The summed E-state index contributed by atoms with van der Waals surface area (Å²) in [5, 5.41) is 9.21. The molecule has 1 heterocycles. The third kappa shape index (κ3) is 3.53. The van der Waals surface area contributed by atoms with Crippen LogP contribution in [-0.2, 0) is 0 Å². The highest BCUT2D eigenvalue weighted by atomic mass is 19.4. The number of carbonyl (C=O) groups is 1. The van der Waals surface area contributed by atoms with Gasteiger partial charge in [0.2, 0.25) is 0 Å². The molecule has 3 nitrogen and oxygen atoms in total. The van der Waals surface area contributed by atoms with Crippen LogP contribution >= 0.6 is 0 Å². The van der Waals surface area contributed by atoms with Crippen molar-refractivity contribution in [2.75, 3.05) is 13.1 Å². The Balaban J connectivity index is 1.98. The quantitative estimate of drug-likeness (QED) is 0.853. The largest absolute Gasteiger partial charge is 0.414 e. The highest BCUT2D eigenvalue weighted by molar-refractivity contribution is 5.94. The SMILES string of the molecule is O=C(c1ccccc1F)N1CCC(C(O)C(F)(F)F)CC1. The molecule has 1 saturated heterocycles. The number of hydrogen-bond acceptors (Lipinski definition) is 2. The Kier molecular flexibility index (Phi) is 4.51. The van der Waals surface area contributed by atoms with Crippen molar-refractivity contribution in [3.8, 4) is 0 Å². The Labute approximate surface area is 119 Å². The van der Waals surface area contributed by atoms with Gasteiger partial charge < -0.3 is 10.0 Å². The molecule has 1 aliphatic heterocycles. The molecular weight excluding hydrogens is 290 g/mol. The molecule has 0 aromatic heterocycles. The molecule has 1 aromatic rings. The van der Waals surface area contributed by atoms with Crippen molar-refractivity contribution in [2.45, 2.75) is 25.1 Å². The molecule has 1 atom stereocenters. The first-order valence-electron chi connectivity index (χ1n) is 6.59. The molecule has 1 aromatic carbocycles. The first-order chi connectivity index (χ1) is 9.80. The van der Waals surface area contributed by atoms with Gasteiger partial charge in [-0.3, -0.25) is 4.79 Å². The van der Waals surface area contributed by atoms with Crippen LogP contribution < -0.4 is 0 Å². The normalized spacial score (nSPS) is 18.6. The summed E-state index contributed by atoms with van der Waals surface area (Å²) in [6.45, 7) is 0.149. The van der Waals surface area contributed by atoms with Crippen LogP contribution in [-0.4, -0.2) is 41.3 Å². The van der Waals surface area contributed by atoms with Crippen LogP contribution in [0.5, 0.6) is 0 Å². The number of hydrogen-bond donors (Lipinski definition) is 1. The summed E-state index contributed by atoms with van der Waals surface area (Å²) in [6.07, 6.45) is -6.94. The molecule has 0 saturated carbocycles. The van der Waals surface area contributed by atoms with Crippen LogP contribution in [0.1, 0.15) is 23.2 Å². The Bertz CT molecular complexity index is 510. The predicted molar refractivity (Wildman–Crippen MR) is 67.1 cm³/mol. The van der Waals surface area contributed by atoms with Crippen LogP contribution in [0.25, 0.3) is 0 Å². The van der Waals surface area contributed by atoms with Crippen LogP contribution in [0.2, 0.25) is 0 Å². The fourth-order valence-electron chi connectivity index (χ4n) is 2.49. The molecule has 0 radical (unpaired) electrons. The smallest absolute Gasteiger partial charge is 0.383 e. The van der Waals surface area contributed by atoms with Gasteiger partial charge in [-0.1, -0.05) is 12.1 Å². The van der Waals surface area contributed by atoms with Gasteiger partial charge in [0.25, 0.3) is 5.91 Å². The number of aliphatic hydroxyl groups excluding tert-OH is 1. The number of halogens is 4. The molecule has 0 spiro atoms. The summed E-state index contributed by atoms with van der Waals surface area (Å²) in [4.78, 5) is 13.4. The van der Waals surface area contributed by atoms with Crippen LogP contribution in [0, 0.1) is 11.7 Å². The molecule has 1 aliphatic rings. The second kappa shape index (κ2) is 6.01. The minimum absolute atomic E-state index is 0.0425. The number of carbonyl (C=O) groups excluding carboxylic acids is 1. The maximum atomic E-state index is 13.5. The summed E-state index contributed by atoms with van der Waals surface area (Å²) in [6, 6.07) is 5.48. The van der Waals surface area contributed by atoms with E-state index in [1.165, 1.54) is 23.1 Å². The average Bonchev–Trinajstić information content (AvgIpc) is 2.45. The first kappa shape index (κ1) is 15.8.